The molecule has 2 aliphatic carbocycles. The fourth-order valence-corrected chi connectivity index (χ4v) is 3.65. The number of hydrogen-bond donors (Lipinski definition) is 2. The largest absolute Gasteiger partial charge is 0.355 e. The molecule has 24 heavy (non-hydrogen) atoms. The van der Waals surface area contributed by atoms with Gasteiger partial charge in [-0.15, -0.1) is 0 Å². The quantitative estimate of drug-likeness (QED) is 0.835. The summed E-state index contributed by atoms with van der Waals surface area (Å²) in [4.78, 5) is 24.5. The topological polar surface area (TPSA) is 58.2 Å². The van der Waals surface area contributed by atoms with E-state index in [1.165, 1.54) is 19.3 Å². The number of hydrogen-bond acceptors (Lipinski definition) is 2. The van der Waals surface area contributed by atoms with E-state index in [1.54, 1.807) is 0 Å². The van der Waals surface area contributed by atoms with Crippen molar-refractivity contribution in [2.24, 2.45) is 5.92 Å². The van der Waals surface area contributed by atoms with E-state index in [9.17, 15) is 9.59 Å². The highest BCUT2D eigenvalue weighted by Crippen LogP contribution is 2.40. The third kappa shape index (κ3) is 3.80. The van der Waals surface area contributed by atoms with Crippen LogP contribution >= 0.6 is 0 Å². The molecule has 0 aliphatic heterocycles. The van der Waals surface area contributed by atoms with Crippen LogP contribution in [0.25, 0.3) is 0 Å². The van der Waals surface area contributed by atoms with Gasteiger partial charge in [-0.2, -0.15) is 0 Å². The van der Waals surface area contributed by atoms with Crippen molar-refractivity contribution in [2.75, 3.05) is 11.9 Å². The van der Waals surface area contributed by atoms with E-state index in [0.717, 1.165) is 43.5 Å². The minimum Gasteiger partial charge on any atom is -0.355 e. The number of carbonyl (C=O) groups excluding carboxylic acids is 2. The molecular weight excluding hydrogens is 300 g/mol. The highest BCUT2D eigenvalue weighted by molar-refractivity contribution is 5.91. The maximum Gasteiger partial charge on any atom is 0.230 e. The zero-order valence-corrected chi connectivity index (χ0v) is 14.6. The van der Waals surface area contributed by atoms with Gasteiger partial charge in [0.25, 0.3) is 0 Å². The molecule has 130 valence electrons. The average molecular weight is 328 g/mol. The van der Waals surface area contributed by atoms with Crippen LogP contribution in [0, 0.1) is 5.92 Å². The Bertz CT molecular complexity index is 584. The van der Waals surface area contributed by atoms with Crippen LogP contribution in [0.15, 0.2) is 24.3 Å². The summed E-state index contributed by atoms with van der Waals surface area (Å²) in [7, 11) is 0. The Morgan fingerprint density at radius 3 is 2.33 bits per heavy atom. The Kier molecular flexibility index (Phi) is 5.22. The molecule has 4 heteroatoms. The van der Waals surface area contributed by atoms with E-state index in [0.29, 0.717) is 12.3 Å². The van der Waals surface area contributed by atoms with E-state index in [-0.39, 0.29) is 17.2 Å². The first-order valence-corrected chi connectivity index (χ1v) is 9.33. The Hall–Kier alpha value is -1.84. The molecule has 0 bridgehead atoms. The number of amides is 2. The number of benzene rings is 1. The van der Waals surface area contributed by atoms with Crippen molar-refractivity contribution in [2.45, 2.75) is 63.7 Å². The number of carbonyl (C=O) groups is 2. The summed E-state index contributed by atoms with van der Waals surface area (Å²) in [6, 6.07) is 7.89. The summed E-state index contributed by atoms with van der Waals surface area (Å²) in [5.74, 6) is 0.901. The molecule has 0 radical (unpaired) electrons. The zero-order chi connectivity index (χ0) is 17.0. The Balaban J connectivity index is 1.76. The molecule has 1 aromatic carbocycles. The predicted molar refractivity (Wildman–Crippen MR) is 95.9 cm³/mol. The van der Waals surface area contributed by atoms with E-state index in [1.807, 2.05) is 31.2 Å². The van der Waals surface area contributed by atoms with Gasteiger partial charge in [0.05, 0.1) is 5.41 Å². The number of nitrogens with one attached hydrogen (secondary N) is 2. The van der Waals surface area contributed by atoms with E-state index < -0.39 is 0 Å². The molecule has 0 heterocycles. The predicted octanol–water partition coefficient (Wildman–Crippen LogP) is 3.76. The molecule has 0 saturated heterocycles. The van der Waals surface area contributed by atoms with Crippen LogP contribution < -0.4 is 10.6 Å². The fourth-order valence-electron chi connectivity index (χ4n) is 3.65. The van der Waals surface area contributed by atoms with Crippen LogP contribution in [0.4, 0.5) is 5.69 Å². The average Bonchev–Trinajstić information content (AvgIpc) is 3.45. The summed E-state index contributed by atoms with van der Waals surface area (Å²) < 4.78 is 0. The molecular formula is C20H28N2O2. The lowest BCUT2D eigenvalue weighted by Crippen LogP contribution is -2.46. The Morgan fingerprint density at radius 1 is 1.08 bits per heavy atom. The lowest BCUT2D eigenvalue weighted by atomic mass is 9.68. The van der Waals surface area contributed by atoms with E-state index >= 15 is 0 Å². The maximum atomic E-state index is 13.0. The van der Waals surface area contributed by atoms with Gasteiger partial charge >= 0.3 is 0 Å². The maximum absolute atomic E-state index is 13.0. The van der Waals surface area contributed by atoms with Crippen molar-refractivity contribution in [3.05, 3.63) is 29.8 Å². The summed E-state index contributed by atoms with van der Waals surface area (Å²) in [5, 5.41) is 6.07. The van der Waals surface area contributed by atoms with Crippen molar-refractivity contribution in [3.8, 4) is 0 Å². The summed E-state index contributed by atoms with van der Waals surface area (Å²) in [5.41, 5.74) is 1.50. The highest BCUT2D eigenvalue weighted by Gasteiger charge is 2.41. The van der Waals surface area contributed by atoms with Gasteiger partial charge in [-0.05, 0) is 49.3 Å². The molecule has 2 fully saturated rings. The van der Waals surface area contributed by atoms with Crippen LogP contribution in [0.1, 0.15) is 63.9 Å². The van der Waals surface area contributed by atoms with E-state index in [2.05, 4.69) is 10.6 Å². The van der Waals surface area contributed by atoms with Crippen LogP contribution in [-0.2, 0) is 15.0 Å². The smallest absolute Gasteiger partial charge is 0.230 e. The third-order valence-electron chi connectivity index (χ3n) is 5.43. The molecule has 1 aromatic rings. The Morgan fingerprint density at radius 2 is 1.75 bits per heavy atom. The zero-order valence-electron chi connectivity index (χ0n) is 14.6. The standard InChI is InChI=1S/C20H28N2O2/c1-2-18(23)22-17-10-8-16(9-11-17)20(12-4-3-5-13-20)19(24)21-14-15-6-7-15/h8-11,15H,2-7,12-14H2,1H3,(H,21,24)(H,22,23). The van der Waals surface area contributed by atoms with Gasteiger partial charge in [0.15, 0.2) is 0 Å². The summed E-state index contributed by atoms with van der Waals surface area (Å²) in [6.45, 7) is 2.66. The van der Waals surface area contributed by atoms with Gasteiger partial charge in [0.1, 0.15) is 0 Å². The van der Waals surface area contributed by atoms with Gasteiger partial charge in [-0.1, -0.05) is 38.3 Å². The monoisotopic (exact) mass is 328 g/mol. The van der Waals surface area contributed by atoms with Crippen molar-refractivity contribution in [3.63, 3.8) is 0 Å². The van der Waals surface area contributed by atoms with Gasteiger partial charge in [0, 0.05) is 18.7 Å². The first-order chi connectivity index (χ1) is 11.6. The summed E-state index contributed by atoms with van der Waals surface area (Å²) >= 11 is 0. The first kappa shape index (κ1) is 17.0. The Labute approximate surface area is 144 Å². The lowest BCUT2D eigenvalue weighted by Gasteiger charge is -2.36. The van der Waals surface area contributed by atoms with Crippen molar-refractivity contribution < 1.29 is 9.59 Å². The first-order valence-electron chi connectivity index (χ1n) is 9.33. The summed E-state index contributed by atoms with van der Waals surface area (Å²) in [6.07, 6.45) is 8.22. The second-order valence-electron chi connectivity index (χ2n) is 7.28. The molecule has 2 N–H and O–H groups in total. The second-order valence-corrected chi connectivity index (χ2v) is 7.28. The van der Waals surface area contributed by atoms with Crippen LogP contribution in [0.3, 0.4) is 0 Å². The van der Waals surface area contributed by atoms with Crippen molar-refractivity contribution in [1.29, 1.82) is 0 Å². The van der Waals surface area contributed by atoms with Crippen LogP contribution in [0.5, 0.6) is 0 Å². The highest BCUT2D eigenvalue weighted by atomic mass is 16.2. The van der Waals surface area contributed by atoms with Crippen LogP contribution in [-0.4, -0.2) is 18.4 Å². The molecule has 2 aliphatic rings. The molecule has 2 amide bonds. The molecule has 0 spiro atoms. The number of rotatable bonds is 6. The second kappa shape index (κ2) is 7.37. The van der Waals surface area contributed by atoms with Gasteiger partial charge in [-0.25, -0.2) is 0 Å². The molecule has 3 rings (SSSR count). The normalized spacial score (nSPS) is 19.5. The molecule has 0 atom stereocenters. The molecule has 0 unspecified atom stereocenters. The fraction of sp³-hybridized carbons (Fsp3) is 0.600. The van der Waals surface area contributed by atoms with Crippen molar-refractivity contribution >= 4 is 17.5 Å². The van der Waals surface area contributed by atoms with Gasteiger partial charge in [-0.3, -0.25) is 9.59 Å². The minimum atomic E-state index is -0.388. The van der Waals surface area contributed by atoms with Gasteiger partial charge < -0.3 is 10.6 Å². The SMILES string of the molecule is CCC(=O)Nc1ccc(C2(C(=O)NCC3CC3)CCCCC2)cc1. The number of anilines is 1. The molecule has 4 nitrogen and oxygen atoms in total. The third-order valence-corrected chi connectivity index (χ3v) is 5.43. The van der Waals surface area contributed by atoms with E-state index in [4.69, 9.17) is 0 Å². The van der Waals surface area contributed by atoms with Gasteiger partial charge in [0.2, 0.25) is 11.8 Å². The lowest BCUT2D eigenvalue weighted by molar-refractivity contribution is -0.128. The van der Waals surface area contributed by atoms with Crippen molar-refractivity contribution in [1.82, 2.24) is 5.32 Å². The van der Waals surface area contributed by atoms with Crippen LogP contribution in [0.2, 0.25) is 0 Å². The minimum absolute atomic E-state index is 0.0114. The molecule has 0 aromatic heterocycles. The molecule has 2 saturated carbocycles.